The maximum Gasteiger partial charge on any atom is 0.335 e. The molecule has 0 saturated carbocycles. The highest BCUT2D eigenvalue weighted by Gasteiger charge is 2.18. The quantitative estimate of drug-likeness (QED) is 0.875. The minimum Gasteiger partial charge on any atom is -0.478 e. The van der Waals surface area contributed by atoms with Crippen molar-refractivity contribution in [1.82, 2.24) is 0 Å². The first-order chi connectivity index (χ1) is 9.26. The van der Waals surface area contributed by atoms with E-state index < -0.39 is 28.0 Å². The maximum atomic E-state index is 13.6. The van der Waals surface area contributed by atoms with Crippen LogP contribution in [0.1, 0.15) is 37.0 Å². The highest BCUT2D eigenvalue weighted by Crippen LogP contribution is 2.22. The van der Waals surface area contributed by atoms with Crippen molar-refractivity contribution in [3.8, 4) is 6.07 Å². The number of halogens is 1. The smallest absolute Gasteiger partial charge is 0.335 e. The van der Waals surface area contributed by atoms with Crippen LogP contribution in [0.15, 0.2) is 23.1 Å². The number of rotatable bonds is 6. The summed E-state index contributed by atoms with van der Waals surface area (Å²) in [6.07, 6.45) is 1.05. The summed E-state index contributed by atoms with van der Waals surface area (Å²) in [4.78, 5) is 10.7. The molecule has 6 heteroatoms. The van der Waals surface area contributed by atoms with Crippen LogP contribution in [0.5, 0.6) is 0 Å². The Morgan fingerprint density at radius 1 is 1.50 bits per heavy atom. The van der Waals surface area contributed by atoms with Crippen LogP contribution in [0.25, 0.3) is 0 Å². The van der Waals surface area contributed by atoms with Gasteiger partial charge >= 0.3 is 5.97 Å². The molecule has 0 amide bonds. The van der Waals surface area contributed by atoms with Gasteiger partial charge in [-0.05, 0) is 44.9 Å². The molecule has 0 aromatic heterocycles. The molecule has 1 atom stereocenters. The van der Waals surface area contributed by atoms with Crippen molar-refractivity contribution in [1.29, 1.82) is 5.26 Å². The highest BCUT2D eigenvalue weighted by atomic mass is 32.2. The van der Waals surface area contributed by atoms with Crippen LogP contribution in [-0.4, -0.2) is 21.0 Å². The molecule has 0 fully saturated rings. The number of hydrogen-bond acceptors (Lipinski definition) is 3. The van der Waals surface area contributed by atoms with Gasteiger partial charge in [-0.1, -0.05) is 0 Å². The Kier molecular flexibility index (Phi) is 5.40. The number of benzene rings is 1. The summed E-state index contributed by atoms with van der Waals surface area (Å²) in [6, 6.07) is 5.39. The van der Waals surface area contributed by atoms with Gasteiger partial charge in [0.05, 0.1) is 32.7 Å². The van der Waals surface area contributed by atoms with Crippen molar-refractivity contribution < 1.29 is 18.5 Å². The largest absolute Gasteiger partial charge is 0.478 e. The highest BCUT2D eigenvalue weighted by molar-refractivity contribution is 7.85. The van der Waals surface area contributed by atoms with Gasteiger partial charge in [0.15, 0.2) is 0 Å². The van der Waals surface area contributed by atoms with E-state index in [1.165, 1.54) is 0 Å². The monoisotopic (exact) mass is 297 g/mol. The predicted octanol–water partition coefficient (Wildman–Crippen LogP) is 2.96. The lowest BCUT2D eigenvalue weighted by Crippen LogP contribution is -2.10. The van der Waals surface area contributed by atoms with Crippen LogP contribution < -0.4 is 0 Å². The summed E-state index contributed by atoms with van der Waals surface area (Å²) in [5.41, 5.74) is -0.599. The number of carbonyl (C=O) groups is 1. The van der Waals surface area contributed by atoms with Crippen LogP contribution in [0.4, 0.5) is 4.39 Å². The van der Waals surface area contributed by atoms with E-state index in [0.717, 1.165) is 18.2 Å². The second kappa shape index (κ2) is 6.62. The summed E-state index contributed by atoms with van der Waals surface area (Å²) in [6.45, 7) is 3.56. The molecule has 0 spiro atoms. The molecule has 0 bridgehead atoms. The average Bonchev–Trinajstić information content (AvgIpc) is 2.38. The molecular formula is C14H16FNO3S. The number of aromatic carboxylic acids is 1. The van der Waals surface area contributed by atoms with E-state index in [2.05, 4.69) is 6.07 Å². The molecular weight excluding hydrogens is 281 g/mol. The third-order valence-electron chi connectivity index (χ3n) is 2.86. The topological polar surface area (TPSA) is 78.2 Å². The minimum absolute atomic E-state index is 0.0906. The fraction of sp³-hybridized carbons (Fsp3) is 0.429. The van der Waals surface area contributed by atoms with Crippen LogP contribution in [0, 0.1) is 22.6 Å². The van der Waals surface area contributed by atoms with Gasteiger partial charge in [-0.25, -0.2) is 9.18 Å². The summed E-state index contributed by atoms with van der Waals surface area (Å²) in [5, 5.41) is 17.7. The number of nitrogens with zero attached hydrogens (tertiary/aromatic N) is 1. The zero-order valence-corrected chi connectivity index (χ0v) is 12.2. The summed E-state index contributed by atoms with van der Waals surface area (Å²) >= 11 is 0. The molecule has 0 aliphatic heterocycles. The van der Waals surface area contributed by atoms with Crippen LogP contribution in [0.3, 0.4) is 0 Å². The lowest BCUT2D eigenvalue weighted by Gasteiger charge is -2.14. The van der Waals surface area contributed by atoms with Gasteiger partial charge in [-0.15, -0.1) is 0 Å². The van der Waals surface area contributed by atoms with Crippen LogP contribution in [-0.2, 0) is 10.8 Å². The first-order valence-electron chi connectivity index (χ1n) is 6.09. The molecule has 4 nitrogen and oxygen atoms in total. The van der Waals surface area contributed by atoms with E-state index in [1.807, 2.05) is 0 Å². The number of carboxylic acids is 1. The SMILES string of the molecule is CC(C)(C#N)CCCS(=O)c1cc(C(=O)O)ccc1F. The van der Waals surface area contributed by atoms with Gasteiger partial charge < -0.3 is 5.11 Å². The molecule has 0 aliphatic carbocycles. The van der Waals surface area contributed by atoms with E-state index in [4.69, 9.17) is 10.4 Å². The van der Waals surface area contributed by atoms with Crippen LogP contribution >= 0.6 is 0 Å². The van der Waals surface area contributed by atoms with E-state index in [-0.39, 0.29) is 16.2 Å². The molecule has 0 aliphatic rings. The number of nitriles is 1. The zero-order valence-electron chi connectivity index (χ0n) is 11.4. The number of hydrogen-bond donors (Lipinski definition) is 1. The Bertz CT molecular complexity index is 578. The molecule has 1 rings (SSSR count). The summed E-state index contributed by atoms with van der Waals surface area (Å²) in [5.74, 6) is -1.66. The fourth-order valence-electron chi connectivity index (χ4n) is 1.62. The molecule has 0 saturated heterocycles. The van der Waals surface area contributed by atoms with Gasteiger partial charge in [0, 0.05) is 5.75 Å². The maximum absolute atomic E-state index is 13.6. The van der Waals surface area contributed by atoms with Crippen LogP contribution in [0.2, 0.25) is 0 Å². The Morgan fingerprint density at radius 3 is 2.70 bits per heavy atom. The second-order valence-corrected chi connectivity index (χ2v) is 6.64. The van der Waals surface area contributed by atoms with E-state index in [1.54, 1.807) is 13.8 Å². The first kappa shape index (κ1) is 16.3. The molecule has 1 aromatic rings. The van der Waals surface area contributed by atoms with Gasteiger partial charge in [-0.3, -0.25) is 4.21 Å². The van der Waals surface area contributed by atoms with E-state index >= 15 is 0 Å². The zero-order chi connectivity index (χ0) is 15.3. The average molecular weight is 297 g/mol. The number of carboxylic acid groups (broad SMARTS) is 1. The summed E-state index contributed by atoms with van der Waals surface area (Å²) in [7, 11) is -1.61. The second-order valence-electron chi connectivity index (χ2n) is 5.10. The van der Waals surface area contributed by atoms with Crippen molar-refractivity contribution in [2.24, 2.45) is 5.41 Å². The first-order valence-corrected chi connectivity index (χ1v) is 7.41. The molecule has 0 heterocycles. The molecule has 1 N–H and O–H groups in total. The van der Waals surface area contributed by atoms with Crippen molar-refractivity contribution in [3.05, 3.63) is 29.6 Å². The third-order valence-corrected chi connectivity index (χ3v) is 4.32. The molecule has 108 valence electrons. The van der Waals surface area contributed by atoms with Gasteiger partial charge in [-0.2, -0.15) is 5.26 Å². The van der Waals surface area contributed by atoms with Gasteiger partial charge in [0.1, 0.15) is 5.82 Å². The van der Waals surface area contributed by atoms with E-state index in [9.17, 15) is 13.4 Å². The Morgan fingerprint density at radius 2 is 2.15 bits per heavy atom. The minimum atomic E-state index is -1.61. The van der Waals surface area contributed by atoms with Gasteiger partial charge in [0.25, 0.3) is 0 Å². The van der Waals surface area contributed by atoms with Crippen molar-refractivity contribution in [2.75, 3.05) is 5.75 Å². The third kappa shape index (κ3) is 4.42. The van der Waals surface area contributed by atoms with E-state index in [0.29, 0.717) is 12.8 Å². The predicted molar refractivity (Wildman–Crippen MR) is 73.3 cm³/mol. The Labute approximate surface area is 119 Å². The lowest BCUT2D eigenvalue weighted by atomic mass is 9.90. The van der Waals surface area contributed by atoms with Crippen molar-refractivity contribution in [3.63, 3.8) is 0 Å². The fourth-order valence-corrected chi connectivity index (χ4v) is 2.79. The van der Waals surface area contributed by atoms with Gasteiger partial charge in [0.2, 0.25) is 0 Å². The molecule has 20 heavy (non-hydrogen) atoms. The molecule has 1 aromatic carbocycles. The summed E-state index contributed by atoms with van der Waals surface area (Å²) < 4.78 is 25.6. The normalized spacial score (nSPS) is 12.7. The van der Waals surface area contributed by atoms with Crippen molar-refractivity contribution in [2.45, 2.75) is 31.6 Å². The molecule has 1 unspecified atom stereocenters. The standard InChI is InChI=1S/C14H16FNO3S/c1-14(2,9-16)6-3-7-20(19)12-8-10(13(17)18)4-5-11(12)15/h4-5,8H,3,6-7H2,1-2H3,(H,17,18). The Hall–Kier alpha value is -1.74. The van der Waals surface area contributed by atoms with Crippen molar-refractivity contribution >= 4 is 16.8 Å². The molecule has 0 radical (unpaired) electrons. The lowest BCUT2D eigenvalue weighted by molar-refractivity contribution is 0.0696. The Balaban J connectivity index is 2.76.